The molecule has 154 valence electrons. The van der Waals surface area contributed by atoms with Gasteiger partial charge in [-0.2, -0.15) is 0 Å². The number of hydrogen-bond donors (Lipinski definition) is 1. The Morgan fingerprint density at radius 2 is 1.72 bits per heavy atom. The molecular formula is C24H29NO4. The summed E-state index contributed by atoms with van der Waals surface area (Å²) in [5.41, 5.74) is 2.05. The minimum absolute atomic E-state index is 0.0988. The summed E-state index contributed by atoms with van der Waals surface area (Å²) in [5.74, 6) is 1.56. The Hall–Kier alpha value is -2.79. The van der Waals surface area contributed by atoms with Gasteiger partial charge in [-0.15, -0.1) is 0 Å². The van der Waals surface area contributed by atoms with Crippen molar-refractivity contribution in [2.45, 2.75) is 25.2 Å². The summed E-state index contributed by atoms with van der Waals surface area (Å²) in [6.45, 7) is 4.57. The van der Waals surface area contributed by atoms with E-state index in [1.54, 1.807) is 13.2 Å². The maximum absolute atomic E-state index is 12.4. The van der Waals surface area contributed by atoms with Crippen LogP contribution in [-0.4, -0.2) is 39.4 Å². The van der Waals surface area contributed by atoms with Gasteiger partial charge >= 0.3 is 0 Å². The molecule has 0 bridgehead atoms. The monoisotopic (exact) mass is 395 g/mol. The highest BCUT2D eigenvalue weighted by molar-refractivity contribution is 5.91. The minimum atomic E-state index is -0.118. The zero-order valence-corrected chi connectivity index (χ0v) is 17.1. The van der Waals surface area contributed by atoms with Gasteiger partial charge in [-0.3, -0.25) is 4.79 Å². The predicted molar refractivity (Wildman–Crippen MR) is 114 cm³/mol. The first-order chi connectivity index (χ1) is 14.1. The van der Waals surface area contributed by atoms with Crippen LogP contribution in [-0.2, 0) is 14.9 Å². The molecule has 0 unspecified atom stereocenters. The van der Waals surface area contributed by atoms with Gasteiger partial charge in [0.15, 0.2) is 0 Å². The van der Waals surface area contributed by atoms with E-state index in [0.717, 1.165) is 29.9 Å². The number of amides is 1. The molecule has 0 atom stereocenters. The lowest BCUT2D eigenvalue weighted by Crippen LogP contribution is -2.44. The van der Waals surface area contributed by atoms with Gasteiger partial charge in [0.05, 0.1) is 13.7 Å². The Kier molecular flexibility index (Phi) is 7.30. The first-order valence-corrected chi connectivity index (χ1v) is 10.1. The van der Waals surface area contributed by atoms with Crippen LogP contribution < -0.4 is 14.8 Å². The van der Waals surface area contributed by atoms with Crippen molar-refractivity contribution in [3.05, 3.63) is 65.7 Å². The van der Waals surface area contributed by atoms with E-state index in [0.29, 0.717) is 26.4 Å². The molecule has 0 aliphatic carbocycles. The number of nitrogens with one attached hydrogen (secondary N) is 1. The lowest BCUT2D eigenvalue weighted by atomic mass is 9.74. The maximum atomic E-state index is 12.4. The molecule has 0 aromatic heterocycles. The van der Waals surface area contributed by atoms with Crippen LogP contribution in [0.2, 0.25) is 0 Å². The van der Waals surface area contributed by atoms with Gasteiger partial charge in [-0.05, 0) is 61.2 Å². The molecule has 0 saturated carbocycles. The molecule has 1 amide bonds. The summed E-state index contributed by atoms with van der Waals surface area (Å²) in [4.78, 5) is 12.4. The van der Waals surface area contributed by atoms with Crippen LogP contribution in [0.25, 0.3) is 6.08 Å². The maximum Gasteiger partial charge on any atom is 0.244 e. The molecule has 5 nitrogen and oxygen atoms in total. The van der Waals surface area contributed by atoms with Crippen molar-refractivity contribution in [1.29, 1.82) is 0 Å². The third-order valence-corrected chi connectivity index (χ3v) is 5.37. The molecule has 5 heteroatoms. The van der Waals surface area contributed by atoms with Gasteiger partial charge in [0, 0.05) is 31.2 Å². The van der Waals surface area contributed by atoms with Crippen LogP contribution in [0.3, 0.4) is 0 Å². The average molecular weight is 395 g/mol. The SMILES string of the molecule is CCOc1ccc(C=CC(=O)NCC2(c3ccc(OC)cc3)CCOCC2)cc1. The van der Waals surface area contributed by atoms with E-state index in [1.807, 2.05) is 49.4 Å². The number of benzene rings is 2. The Balaban J connectivity index is 1.63. The van der Waals surface area contributed by atoms with Gasteiger partial charge in [0.2, 0.25) is 5.91 Å². The Morgan fingerprint density at radius 3 is 2.34 bits per heavy atom. The second kappa shape index (κ2) is 10.1. The topological polar surface area (TPSA) is 56.8 Å². The third-order valence-electron chi connectivity index (χ3n) is 5.37. The van der Waals surface area contributed by atoms with Crippen molar-refractivity contribution in [2.24, 2.45) is 0 Å². The first kappa shape index (κ1) is 20.9. The second-order valence-corrected chi connectivity index (χ2v) is 7.17. The van der Waals surface area contributed by atoms with Crippen LogP contribution in [0, 0.1) is 0 Å². The number of carbonyl (C=O) groups excluding carboxylic acids is 1. The van der Waals surface area contributed by atoms with Crippen molar-refractivity contribution in [3.63, 3.8) is 0 Å². The predicted octanol–water partition coefficient (Wildman–Crippen LogP) is 3.97. The van der Waals surface area contributed by atoms with Gasteiger partial charge in [0.25, 0.3) is 0 Å². The summed E-state index contributed by atoms with van der Waals surface area (Å²) in [5, 5.41) is 3.08. The fourth-order valence-corrected chi connectivity index (χ4v) is 3.60. The van der Waals surface area contributed by atoms with E-state index < -0.39 is 0 Å². The van der Waals surface area contributed by atoms with E-state index >= 15 is 0 Å². The molecule has 1 saturated heterocycles. The summed E-state index contributed by atoms with van der Waals surface area (Å²) < 4.78 is 16.3. The molecule has 1 aliphatic rings. The molecular weight excluding hydrogens is 366 g/mol. The molecule has 29 heavy (non-hydrogen) atoms. The molecule has 2 aromatic carbocycles. The summed E-state index contributed by atoms with van der Waals surface area (Å²) >= 11 is 0. The number of hydrogen-bond acceptors (Lipinski definition) is 4. The summed E-state index contributed by atoms with van der Waals surface area (Å²) in [6, 6.07) is 15.8. The smallest absolute Gasteiger partial charge is 0.244 e. The van der Waals surface area contributed by atoms with Crippen molar-refractivity contribution in [1.82, 2.24) is 5.32 Å². The average Bonchev–Trinajstić information content (AvgIpc) is 2.78. The molecule has 1 N–H and O–H groups in total. The number of rotatable bonds is 8. The minimum Gasteiger partial charge on any atom is -0.497 e. The molecule has 1 aliphatic heterocycles. The lowest BCUT2D eigenvalue weighted by molar-refractivity contribution is -0.116. The highest BCUT2D eigenvalue weighted by Crippen LogP contribution is 2.35. The molecule has 1 fully saturated rings. The van der Waals surface area contributed by atoms with E-state index in [1.165, 1.54) is 5.56 Å². The molecule has 0 spiro atoms. The largest absolute Gasteiger partial charge is 0.497 e. The van der Waals surface area contributed by atoms with Crippen LogP contribution in [0.5, 0.6) is 11.5 Å². The van der Waals surface area contributed by atoms with Gasteiger partial charge < -0.3 is 19.5 Å². The van der Waals surface area contributed by atoms with E-state index in [9.17, 15) is 4.79 Å². The summed E-state index contributed by atoms with van der Waals surface area (Å²) in [7, 11) is 1.66. The number of carbonyl (C=O) groups is 1. The molecule has 2 aromatic rings. The van der Waals surface area contributed by atoms with Crippen LogP contribution in [0.4, 0.5) is 0 Å². The van der Waals surface area contributed by atoms with Crippen LogP contribution in [0.15, 0.2) is 54.6 Å². The van der Waals surface area contributed by atoms with E-state index in [-0.39, 0.29) is 11.3 Å². The fourth-order valence-electron chi connectivity index (χ4n) is 3.60. The van der Waals surface area contributed by atoms with Crippen LogP contribution in [0.1, 0.15) is 30.9 Å². The quantitative estimate of drug-likeness (QED) is 0.687. The van der Waals surface area contributed by atoms with Gasteiger partial charge in [-0.1, -0.05) is 24.3 Å². The first-order valence-electron chi connectivity index (χ1n) is 10.1. The van der Waals surface area contributed by atoms with Crippen LogP contribution >= 0.6 is 0 Å². The van der Waals surface area contributed by atoms with Crippen molar-refractivity contribution >= 4 is 12.0 Å². The van der Waals surface area contributed by atoms with Crippen molar-refractivity contribution < 1.29 is 19.0 Å². The Bertz CT molecular complexity index is 806. The Labute approximate surface area is 172 Å². The normalized spacial score (nSPS) is 15.8. The zero-order valence-electron chi connectivity index (χ0n) is 17.1. The number of ether oxygens (including phenoxy) is 3. The lowest BCUT2D eigenvalue weighted by Gasteiger charge is -2.38. The van der Waals surface area contributed by atoms with E-state index in [4.69, 9.17) is 14.2 Å². The Morgan fingerprint density at radius 1 is 1.07 bits per heavy atom. The van der Waals surface area contributed by atoms with Gasteiger partial charge in [0.1, 0.15) is 11.5 Å². The highest BCUT2D eigenvalue weighted by atomic mass is 16.5. The summed E-state index contributed by atoms with van der Waals surface area (Å²) in [6.07, 6.45) is 5.15. The molecule has 3 rings (SSSR count). The molecule has 1 heterocycles. The van der Waals surface area contributed by atoms with Crippen molar-refractivity contribution in [3.8, 4) is 11.5 Å². The second-order valence-electron chi connectivity index (χ2n) is 7.17. The number of methoxy groups -OCH3 is 1. The fraction of sp³-hybridized carbons (Fsp3) is 0.375. The zero-order chi connectivity index (χ0) is 20.5. The molecule has 0 radical (unpaired) electrons. The van der Waals surface area contributed by atoms with Gasteiger partial charge in [-0.25, -0.2) is 0 Å². The van der Waals surface area contributed by atoms with Crippen molar-refractivity contribution in [2.75, 3.05) is 33.5 Å². The van der Waals surface area contributed by atoms with E-state index in [2.05, 4.69) is 17.4 Å². The third kappa shape index (κ3) is 5.61. The standard InChI is InChI=1S/C24H29NO4/c1-3-29-22-9-4-19(5-10-22)6-13-23(26)25-18-24(14-16-28-17-15-24)20-7-11-21(27-2)12-8-20/h4-13H,3,14-18H2,1-2H3,(H,25,26). The highest BCUT2D eigenvalue weighted by Gasteiger charge is 2.34.